The summed E-state index contributed by atoms with van der Waals surface area (Å²) < 4.78 is 44.5. The maximum Gasteiger partial charge on any atom is 0.343 e. The highest BCUT2D eigenvalue weighted by Crippen LogP contribution is 2.31. The standard InChI is InChI=1S/C9H8F3N3O2/c1-3-5(10)7(12)4(9(16)17-2)8(6(3)11)14-15-13/h1-2H3,(H2,13,14). The first-order valence-corrected chi connectivity index (χ1v) is 4.32. The molecule has 0 aromatic heterocycles. The van der Waals surface area contributed by atoms with E-state index in [2.05, 4.69) is 15.1 Å². The molecule has 0 bridgehead atoms. The van der Waals surface area contributed by atoms with Gasteiger partial charge >= 0.3 is 5.97 Å². The van der Waals surface area contributed by atoms with Crippen molar-refractivity contribution in [2.75, 3.05) is 7.11 Å². The second-order valence-corrected chi connectivity index (χ2v) is 3.00. The van der Waals surface area contributed by atoms with Gasteiger partial charge in [0.1, 0.15) is 11.3 Å². The number of nitrogens with zero attached hydrogens (tertiary/aromatic N) is 2. The van der Waals surface area contributed by atoms with Gasteiger partial charge in [-0.1, -0.05) is 5.22 Å². The number of esters is 1. The first kappa shape index (κ1) is 12.9. The van der Waals surface area contributed by atoms with Crippen LogP contribution in [0, 0.1) is 24.4 Å². The smallest absolute Gasteiger partial charge is 0.343 e. The summed E-state index contributed by atoms with van der Waals surface area (Å²) in [4.78, 5) is 11.2. The van der Waals surface area contributed by atoms with E-state index in [1.807, 2.05) is 0 Å². The molecule has 1 aromatic rings. The molecule has 0 aliphatic carbocycles. The van der Waals surface area contributed by atoms with E-state index in [4.69, 9.17) is 5.84 Å². The minimum atomic E-state index is -1.56. The molecule has 0 atom stereocenters. The molecule has 0 heterocycles. The van der Waals surface area contributed by atoms with E-state index in [0.29, 0.717) is 0 Å². The molecule has 0 saturated carbocycles. The highest BCUT2D eigenvalue weighted by molar-refractivity contribution is 5.95. The Morgan fingerprint density at radius 3 is 2.29 bits per heavy atom. The summed E-state index contributed by atoms with van der Waals surface area (Å²) >= 11 is 0. The van der Waals surface area contributed by atoms with Gasteiger partial charge in [-0.3, -0.25) is 0 Å². The Bertz CT molecular complexity index is 503. The Morgan fingerprint density at radius 1 is 1.24 bits per heavy atom. The number of methoxy groups -OCH3 is 1. The van der Waals surface area contributed by atoms with E-state index >= 15 is 0 Å². The number of hydrogen-bond donors (Lipinski definition) is 1. The van der Waals surface area contributed by atoms with Crippen molar-refractivity contribution in [1.82, 2.24) is 0 Å². The van der Waals surface area contributed by atoms with Gasteiger partial charge in [-0.2, -0.15) is 0 Å². The molecule has 0 aliphatic heterocycles. The summed E-state index contributed by atoms with van der Waals surface area (Å²) in [5.41, 5.74) is -2.41. The van der Waals surface area contributed by atoms with Crippen molar-refractivity contribution in [3.63, 3.8) is 0 Å². The molecule has 0 radical (unpaired) electrons. The SMILES string of the molecule is COC(=O)c1c(F)c(F)c(C)c(F)c1N=NN. The number of ether oxygens (including phenoxy) is 1. The highest BCUT2D eigenvalue weighted by Gasteiger charge is 2.28. The maximum absolute atomic E-state index is 13.6. The lowest BCUT2D eigenvalue weighted by atomic mass is 10.1. The molecular weight excluding hydrogens is 239 g/mol. The maximum atomic E-state index is 13.6. The largest absolute Gasteiger partial charge is 0.465 e. The average Bonchev–Trinajstić information content (AvgIpc) is 2.33. The Morgan fingerprint density at radius 2 is 1.82 bits per heavy atom. The number of rotatable bonds is 2. The fraction of sp³-hybridized carbons (Fsp3) is 0.222. The predicted molar refractivity (Wildman–Crippen MR) is 51.1 cm³/mol. The topological polar surface area (TPSA) is 77.0 Å². The number of hydrogen-bond acceptors (Lipinski definition) is 4. The van der Waals surface area contributed by atoms with Crippen molar-refractivity contribution in [1.29, 1.82) is 0 Å². The lowest BCUT2D eigenvalue weighted by Crippen LogP contribution is -2.10. The van der Waals surface area contributed by atoms with Gasteiger partial charge in [-0.15, -0.1) is 5.11 Å². The Labute approximate surface area is 94.1 Å². The first-order chi connectivity index (χ1) is 7.95. The minimum Gasteiger partial charge on any atom is -0.465 e. The van der Waals surface area contributed by atoms with Crippen LogP contribution < -0.4 is 5.84 Å². The second-order valence-electron chi connectivity index (χ2n) is 3.00. The Hall–Kier alpha value is -2.12. The molecule has 92 valence electrons. The highest BCUT2D eigenvalue weighted by atomic mass is 19.2. The van der Waals surface area contributed by atoms with Crippen molar-refractivity contribution in [3.05, 3.63) is 28.6 Å². The van der Waals surface area contributed by atoms with Crippen LogP contribution in [0.1, 0.15) is 15.9 Å². The lowest BCUT2D eigenvalue weighted by molar-refractivity contribution is 0.0594. The molecule has 5 nitrogen and oxygen atoms in total. The summed E-state index contributed by atoms with van der Waals surface area (Å²) in [5, 5.41) is 5.80. The van der Waals surface area contributed by atoms with Crippen LogP contribution in [0.5, 0.6) is 0 Å². The molecule has 8 heteroatoms. The summed E-state index contributed by atoms with van der Waals surface area (Å²) in [6.07, 6.45) is 0. The number of halogens is 3. The van der Waals surface area contributed by atoms with Gasteiger partial charge in [0.25, 0.3) is 0 Å². The van der Waals surface area contributed by atoms with Crippen LogP contribution in [-0.2, 0) is 4.74 Å². The van der Waals surface area contributed by atoms with Crippen molar-refractivity contribution in [2.24, 2.45) is 16.2 Å². The zero-order valence-corrected chi connectivity index (χ0v) is 8.92. The first-order valence-electron chi connectivity index (χ1n) is 4.32. The van der Waals surface area contributed by atoms with Crippen LogP contribution in [-0.4, -0.2) is 13.1 Å². The molecule has 0 amide bonds. The average molecular weight is 247 g/mol. The summed E-state index contributed by atoms with van der Waals surface area (Å²) in [6, 6.07) is 0. The molecular formula is C9H8F3N3O2. The zero-order chi connectivity index (χ0) is 13.2. The molecule has 0 fully saturated rings. The van der Waals surface area contributed by atoms with E-state index in [1.165, 1.54) is 0 Å². The van der Waals surface area contributed by atoms with Crippen molar-refractivity contribution >= 4 is 11.7 Å². The Balaban J connectivity index is 3.71. The van der Waals surface area contributed by atoms with Gasteiger partial charge in [0.05, 0.1) is 7.11 Å². The third-order valence-electron chi connectivity index (χ3n) is 2.06. The quantitative estimate of drug-likeness (QED) is 0.286. The third kappa shape index (κ3) is 2.05. The van der Waals surface area contributed by atoms with Crippen LogP contribution in [0.4, 0.5) is 18.9 Å². The monoisotopic (exact) mass is 247 g/mol. The number of nitrogens with two attached hydrogens (primary N) is 1. The molecule has 0 spiro atoms. The molecule has 0 aliphatic rings. The van der Waals surface area contributed by atoms with Crippen molar-refractivity contribution < 1.29 is 22.7 Å². The van der Waals surface area contributed by atoms with E-state index in [9.17, 15) is 18.0 Å². The van der Waals surface area contributed by atoms with E-state index < -0.39 is 40.2 Å². The lowest BCUT2D eigenvalue weighted by Gasteiger charge is -2.09. The minimum absolute atomic E-state index is 0.627. The van der Waals surface area contributed by atoms with Crippen LogP contribution >= 0.6 is 0 Å². The van der Waals surface area contributed by atoms with Gasteiger partial charge < -0.3 is 10.6 Å². The van der Waals surface area contributed by atoms with Crippen molar-refractivity contribution in [2.45, 2.75) is 6.92 Å². The van der Waals surface area contributed by atoms with Crippen LogP contribution in [0.2, 0.25) is 0 Å². The number of carbonyl (C=O) groups is 1. The molecule has 0 saturated heterocycles. The van der Waals surface area contributed by atoms with Gasteiger partial charge in [0.2, 0.25) is 0 Å². The van der Waals surface area contributed by atoms with Gasteiger partial charge in [0.15, 0.2) is 17.5 Å². The normalized spacial score (nSPS) is 10.9. The molecule has 0 unspecified atom stereocenters. The van der Waals surface area contributed by atoms with E-state index in [-0.39, 0.29) is 0 Å². The van der Waals surface area contributed by atoms with Crippen LogP contribution in [0.25, 0.3) is 0 Å². The predicted octanol–water partition coefficient (Wildman–Crippen LogP) is 2.16. The van der Waals surface area contributed by atoms with E-state index in [0.717, 1.165) is 14.0 Å². The summed E-state index contributed by atoms with van der Waals surface area (Å²) in [6.45, 7) is 0.990. The second kappa shape index (κ2) is 4.81. The van der Waals surface area contributed by atoms with Gasteiger partial charge in [0, 0.05) is 5.56 Å². The Kier molecular flexibility index (Phi) is 3.66. The molecule has 17 heavy (non-hydrogen) atoms. The van der Waals surface area contributed by atoms with Crippen LogP contribution in [0.3, 0.4) is 0 Å². The van der Waals surface area contributed by atoms with Gasteiger partial charge in [-0.25, -0.2) is 18.0 Å². The fourth-order valence-corrected chi connectivity index (χ4v) is 1.20. The van der Waals surface area contributed by atoms with Gasteiger partial charge in [-0.05, 0) is 6.92 Å². The van der Waals surface area contributed by atoms with Crippen molar-refractivity contribution in [3.8, 4) is 0 Å². The molecule has 2 N–H and O–H groups in total. The summed E-state index contributed by atoms with van der Waals surface area (Å²) in [7, 11) is 0.931. The van der Waals surface area contributed by atoms with E-state index in [1.54, 1.807) is 0 Å². The van der Waals surface area contributed by atoms with Crippen LogP contribution in [0.15, 0.2) is 10.3 Å². The molecule has 1 rings (SSSR count). The third-order valence-corrected chi connectivity index (χ3v) is 2.06. The zero-order valence-electron chi connectivity index (χ0n) is 8.92. The molecule has 1 aromatic carbocycles. The number of carbonyl (C=O) groups excluding carboxylic acids is 1. The summed E-state index contributed by atoms with van der Waals surface area (Å²) in [5.74, 6) is -0.842. The fourth-order valence-electron chi connectivity index (χ4n) is 1.20. The number of benzene rings is 1.